The molecule has 0 radical (unpaired) electrons. The van der Waals surface area contributed by atoms with Crippen molar-refractivity contribution in [2.75, 3.05) is 17.1 Å². The number of nitrogens with one attached hydrogen (secondary N) is 1. The minimum absolute atomic E-state index is 0.151. The summed E-state index contributed by atoms with van der Waals surface area (Å²) >= 11 is 0. The molecule has 1 unspecified atom stereocenters. The predicted octanol–water partition coefficient (Wildman–Crippen LogP) is 4.93. The Bertz CT molecular complexity index is 1410. The maximum atomic E-state index is 14.2. The number of sulfonamides is 1. The number of nitrogens with zero attached hydrogens (tertiary/aromatic N) is 2. The number of anilines is 1. The molecule has 0 saturated heterocycles. The first-order valence-electron chi connectivity index (χ1n) is 13.4. The molecule has 1 atom stereocenters. The van der Waals surface area contributed by atoms with Crippen LogP contribution in [-0.2, 0) is 32.6 Å². The summed E-state index contributed by atoms with van der Waals surface area (Å²) in [7, 11) is -3.81. The van der Waals surface area contributed by atoms with Gasteiger partial charge in [-0.3, -0.25) is 13.9 Å². The fraction of sp³-hybridized carbons (Fsp3) is 0.375. The summed E-state index contributed by atoms with van der Waals surface area (Å²) in [5, 5.41) is 3.04. The topological polar surface area (TPSA) is 86.8 Å². The zero-order chi connectivity index (χ0) is 29.7. The molecule has 0 aromatic heterocycles. The maximum absolute atomic E-state index is 14.2. The van der Waals surface area contributed by atoms with E-state index in [4.69, 9.17) is 0 Å². The normalized spacial score (nSPS) is 12.5. The lowest BCUT2D eigenvalue weighted by molar-refractivity contribution is -0.140. The van der Waals surface area contributed by atoms with Gasteiger partial charge in [-0.2, -0.15) is 0 Å². The number of amides is 2. The zero-order valence-corrected chi connectivity index (χ0v) is 25.4. The Morgan fingerprint density at radius 2 is 1.40 bits per heavy atom. The lowest BCUT2D eigenvalue weighted by Crippen LogP contribution is -2.56. The number of hydrogen-bond donors (Lipinski definition) is 1. The highest BCUT2D eigenvalue weighted by atomic mass is 32.2. The van der Waals surface area contributed by atoms with Crippen LogP contribution in [0.5, 0.6) is 0 Å². The van der Waals surface area contributed by atoms with Crippen LogP contribution in [0.4, 0.5) is 5.69 Å². The number of benzene rings is 3. The molecule has 0 saturated carbocycles. The number of aryl methyl sites for hydroxylation is 3. The van der Waals surface area contributed by atoms with Gasteiger partial charge in [-0.15, -0.1) is 0 Å². The molecule has 214 valence electrons. The molecule has 3 rings (SSSR count). The first-order valence-corrected chi connectivity index (χ1v) is 15.2. The minimum atomic E-state index is -3.81. The van der Waals surface area contributed by atoms with E-state index >= 15 is 0 Å². The van der Waals surface area contributed by atoms with E-state index in [2.05, 4.69) is 5.32 Å². The van der Waals surface area contributed by atoms with Crippen LogP contribution in [-0.4, -0.2) is 49.5 Å². The predicted molar refractivity (Wildman–Crippen MR) is 162 cm³/mol. The van der Waals surface area contributed by atoms with Crippen LogP contribution in [0.3, 0.4) is 0 Å². The van der Waals surface area contributed by atoms with Crippen molar-refractivity contribution in [2.24, 2.45) is 0 Å². The molecule has 0 fully saturated rings. The minimum Gasteiger partial charge on any atom is -0.350 e. The van der Waals surface area contributed by atoms with E-state index in [0.29, 0.717) is 5.69 Å². The Morgan fingerprint density at radius 1 is 0.825 bits per heavy atom. The van der Waals surface area contributed by atoms with Gasteiger partial charge in [-0.05, 0) is 75.9 Å². The number of rotatable bonds is 10. The third-order valence-electron chi connectivity index (χ3n) is 6.42. The van der Waals surface area contributed by atoms with Crippen molar-refractivity contribution >= 4 is 27.5 Å². The molecule has 8 heteroatoms. The van der Waals surface area contributed by atoms with Gasteiger partial charge in [0.1, 0.15) is 12.6 Å². The van der Waals surface area contributed by atoms with Crippen LogP contribution >= 0.6 is 0 Å². The largest absolute Gasteiger partial charge is 0.350 e. The summed E-state index contributed by atoms with van der Waals surface area (Å²) in [6.45, 7) is 11.1. The van der Waals surface area contributed by atoms with Crippen molar-refractivity contribution in [1.82, 2.24) is 10.2 Å². The van der Waals surface area contributed by atoms with E-state index < -0.39 is 34.1 Å². The van der Waals surface area contributed by atoms with Gasteiger partial charge in [0.2, 0.25) is 21.8 Å². The van der Waals surface area contributed by atoms with Gasteiger partial charge in [-0.25, -0.2) is 8.42 Å². The van der Waals surface area contributed by atoms with Crippen LogP contribution in [0, 0.1) is 20.8 Å². The Hall–Kier alpha value is -3.65. The van der Waals surface area contributed by atoms with Crippen LogP contribution in [0.2, 0.25) is 0 Å². The molecule has 7 nitrogen and oxygen atoms in total. The highest BCUT2D eigenvalue weighted by Gasteiger charge is 2.34. The highest BCUT2D eigenvalue weighted by molar-refractivity contribution is 7.92. The summed E-state index contributed by atoms with van der Waals surface area (Å²) in [5.74, 6) is -0.760. The average Bonchev–Trinajstić information content (AvgIpc) is 2.84. The lowest BCUT2D eigenvalue weighted by atomic mass is 10.0. The Labute approximate surface area is 239 Å². The second kappa shape index (κ2) is 12.7. The molecule has 2 amide bonds. The second-order valence-corrected chi connectivity index (χ2v) is 13.5. The monoisotopic (exact) mass is 563 g/mol. The van der Waals surface area contributed by atoms with Gasteiger partial charge < -0.3 is 10.2 Å². The smallest absolute Gasteiger partial charge is 0.244 e. The maximum Gasteiger partial charge on any atom is 0.244 e. The van der Waals surface area contributed by atoms with Crippen molar-refractivity contribution in [3.05, 3.63) is 101 Å². The van der Waals surface area contributed by atoms with Gasteiger partial charge >= 0.3 is 0 Å². The summed E-state index contributed by atoms with van der Waals surface area (Å²) < 4.78 is 27.1. The molecule has 40 heavy (non-hydrogen) atoms. The van der Waals surface area contributed by atoms with Crippen molar-refractivity contribution < 1.29 is 18.0 Å². The molecule has 0 aliphatic rings. The van der Waals surface area contributed by atoms with E-state index in [1.54, 1.807) is 12.1 Å². The van der Waals surface area contributed by atoms with Crippen molar-refractivity contribution in [2.45, 2.75) is 66.1 Å². The molecular weight excluding hydrogens is 522 g/mol. The molecule has 0 heterocycles. The Morgan fingerprint density at radius 3 is 1.93 bits per heavy atom. The zero-order valence-electron chi connectivity index (χ0n) is 24.6. The van der Waals surface area contributed by atoms with E-state index in [-0.39, 0.29) is 18.9 Å². The van der Waals surface area contributed by atoms with Crippen LogP contribution in [0.1, 0.15) is 48.6 Å². The van der Waals surface area contributed by atoms with Gasteiger partial charge in [0.25, 0.3) is 0 Å². The van der Waals surface area contributed by atoms with Crippen LogP contribution < -0.4 is 9.62 Å². The molecule has 0 bridgehead atoms. The Kier molecular flexibility index (Phi) is 9.79. The summed E-state index contributed by atoms with van der Waals surface area (Å²) in [6, 6.07) is 21.9. The van der Waals surface area contributed by atoms with E-state index in [1.165, 1.54) is 4.90 Å². The van der Waals surface area contributed by atoms with E-state index in [1.807, 2.05) is 102 Å². The third kappa shape index (κ3) is 8.95. The number of carbonyl (C=O) groups is 2. The van der Waals surface area contributed by atoms with Gasteiger partial charge in [-0.1, -0.05) is 66.2 Å². The molecule has 0 aliphatic carbocycles. The fourth-order valence-electron chi connectivity index (χ4n) is 4.61. The number of hydrogen-bond acceptors (Lipinski definition) is 4. The average molecular weight is 564 g/mol. The van der Waals surface area contributed by atoms with Gasteiger partial charge in [0.05, 0.1) is 11.9 Å². The van der Waals surface area contributed by atoms with E-state index in [9.17, 15) is 18.0 Å². The number of carbonyl (C=O) groups excluding carboxylic acids is 2. The van der Waals surface area contributed by atoms with Crippen LogP contribution in [0.15, 0.2) is 72.8 Å². The summed E-state index contributed by atoms with van der Waals surface area (Å²) in [5.41, 5.74) is 4.49. The highest BCUT2D eigenvalue weighted by Crippen LogP contribution is 2.23. The molecule has 0 aliphatic heterocycles. The summed E-state index contributed by atoms with van der Waals surface area (Å²) in [4.78, 5) is 29.4. The third-order valence-corrected chi connectivity index (χ3v) is 7.56. The van der Waals surface area contributed by atoms with Crippen LogP contribution in [0.25, 0.3) is 0 Å². The lowest BCUT2D eigenvalue weighted by Gasteiger charge is -2.35. The van der Waals surface area contributed by atoms with Crippen molar-refractivity contribution in [3.63, 3.8) is 0 Å². The molecule has 0 spiro atoms. The quantitative estimate of drug-likeness (QED) is 0.379. The fourth-order valence-corrected chi connectivity index (χ4v) is 5.44. The van der Waals surface area contributed by atoms with E-state index in [0.717, 1.165) is 38.4 Å². The molecular formula is C32H41N3O4S. The Balaban J connectivity index is 2.08. The van der Waals surface area contributed by atoms with Gasteiger partial charge in [0, 0.05) is 18.5 Å². The first-order chi connectivity index (χ1) is 18.6. The van der Waals surface area contributed by atoms with Gasteiger partial charge in [0.15, 0.2) is 0 Å². The molecule has 3 aromatic rings. The standard InChI is InChI=1S/C32H41N3O4S/c1-23-13-15-27(16-14-23)21-34(29(31(37)33-32(4,5)6)20-26-11-9-8-10-12-26)30(36)22-35(40(7,38)39)28-18-24(2)17-25(3)19-28/h8-19,29H,20-22H2,1-7H3,(H,33,37). The molecule has 3 aromatic carbocycles. The molecule has 1 N–H and O–H groups in total. The van der Waals surface area contributed by atoms with Crippen molar-refractivity contribution in [3.8, 4) is 0 Å². The second-order valence-electron chi connectivity index (χ2n) is 11.6. The van der Waals surface area contributed by atoms with Crippen molar-refractivity contribution in [1.29, 1.82) is 0 Å². The first kappa shape index (κ1) is 30.9. The SMILES string of the molecule is Cc1ccc(CN(C(=O)CN(c2cc(C)cc(C)c2)S(C)(=O)=O)C(Cc2ccccc2)C(=O)NC(C)(C)C)cc1. The summed E-state index contributed by atoms with van der Waals surface area (Å²) in [6.07, 6.45) is 1.37.